The first-order valence-corrected chi connectivity index (χ1v) is 6.76. The zero-order chi connectivity index (χ0) is 12.1. The molecule has 1 aromatic carbocycles. The van der Waals surface area contributed by atoms with E-state index in [9.17, 15) is 4.39 Å². The van der Waals surface area contributed by atoms with Crippen molar-refractivity contribution >= 4 is 0 Å². The van der Waals surface area contributed by atoms with Gasteiger partial charge in [-0.05, 0) is 42.9 Å². The van der Waals surface area contributed by atoms with Crippen LogP contribution in [0.25, 0.3) is 0 Å². The molecule has 0 saturated heterocycles. The van der Waals surface area contributed by atoms with Crippen LogP contribution in [-0.4, -0.2) is 6.04 Å². The van der Waals surface area contributed by atoms with Gasteiger partial charge in [0.05, 0.1) is 0 Å². The minimum atomic E-state index is -0.170. The van der Waals surface area contributed by atoms with Crippen LogP contribution in [0.5, 0.6) is 0 Å². The van der Waals surface area contributed by atoms with Gasteiger partial charge in [0.1, 0.15) is 5.82 Å². The van der Waals surface area contributed by atoms with E-state index in [1.165, 1.54) is 50.7 Å². The molecule has 2 N–H and O–H groups in total. The van der Waals surface area contributed by atoms with Gasteiger partial charge >= 0.3 is 0 Å². The minimum Gasteiger partial charge on any atom is -0.327 e. The SMILES string of the molecule is NC(Cc1ccc(F)cc1)C1CCCCCC1. The van der Waals surface area contributed by atoms with E-state index in [-0.39, 0.29) is 11.9 Å². The summed E-state index contributed by atoms with van der Waals surface area (Å²) in [4.78, 5) is 0. The summed E-state index contributed by atoms with van der Waals surface area (Å²) in [6, 6.07) is 6.99. The molecule has 94 valence electrons. The molecule has 1 fully saturated rings. The van der Waals surface area contributed by atoms with E-state index >= 15 is 0 Å². The van der Waals surface area contributed by atoms with Gasteiger partial charge < -0.3 is 5.73 Å². The van der Waals surface area contributed by atoms with E-state index in [4.69, 9.17) is 5.73 Å². The maximum absolute atomic E-state index is 12.8. The van der Waals surface area contributed by atoms with Crippen LogP contribution in [0, 0.1) is 11.7 Å². The van der Waals surface area contributed by atoms with E-state index in [2.05, 4.69) is 0 Å². The first-order valence-electron chi connectivity index (χ1n) is 6.76. The molecule has 1 aromatic rings. The van der Waals surface area contributed by atoms with Gasteiger partial charge in [0.25, 0.3) is 0 Å². The van der Waals surface area contributed by atoms with Crippen LogP contribution < -0.4 is 5.73 Å². The fourth-order valence-electron chi connectivity index (χ4n) is 2.80. The summed E-state index contributed by atoms with van der Waals surface area (Å²) in [5.74, 6) is 0.486. The van der Waals surface area contributed by atoms with Crippen LogP contribution in [0.1, 0.15) is 44.1 Å². The van der Waals surface area contributed by atoms with Gasteiger partial charge in [0.15, 0.2) is 0 Å². The van der Waals surface area contributed by atoms with Crippen LogP contribution in [0.4, 0.5) is 4.39 Å². The third kappa shape index (κ3) is 3.81. The van der Waals surface area contributed by atoms with Crippen LogP contribution in [-0.2, 0) is 6.42 Å². The van der Waals surface area contributed by atoms with Crippen molar-refractivity contribution in [2.75, 3.05) is 0 Å². The second-order valence-corrected chi connectivity index (χ2v) is 5.25. The molecule has 1 atom stereocenters. The summed E-state index contributed by atoms with van der Waals surface area (Å²) in [6.07, 6.45) is 8.78. The van der Waals surface area contributed by atoms with Gasteiger partial charge in [0, 0.05) is 6.04 Å². The van der Waals surface area contributed by atoms with E-state index < -0.39 is 0 Å². The average molecular weight is 235 g/mol. The molecular weight excluding hydrogens is 213 g/mol. The Kier molecular flexibility index (Phi) is 4.55. The molecule has 0 aromatic heterocycles. The molecule has 0 amide bonds. The largest absolute Gasteiger partial charge is 0.327 e. The third-order valence-electron chi connectivity index (χ3n) is 3.89. The average Bonchev–Trinajstić information content (AvgIpc) is 2.61. The quantitative estimate of drug-likeness (QED) is 0.795. The Morgan fingerprint density at radius 3 is 2.24 bits per heavy atom. The monoisotopic (exact) mass is 235 g/mol. The molecule has 1 nitrogen and oxygen atoms in total. The Hall–Kier alpha value is -0.890. The van der Waals surface area contributed by atoms with Gasteiger partial charge in [-0.3, -0.25) is 0 Å². The Balaban J connectivity index is 1.90. The molecule has 0 radical (unpaired) electrons. The molecular formula is C15H22FN. The van der Waals surface area contributed by atoms with E-state index in [0.29, 0.717) is 5.92 Å². The topological polar surface area (TPSA) is 26.0 Å². The van der Waals surface area contributed by atoms with Crippen molar-refractivity contribution in [3.05, 3.63) is 35.6 Å². The van der Waals surface area contributed by atoms with Crippen LogP contribution >= 0.6 is 0 Å². The lowest BCUT2D eigenvalue weighted by Gasteiger charge is -2.22. The van der Waals surface area contributed by atoms with Crippen molar-refractivity contribution in [1.29, 1.82) is 0 Å². The molecule has 2 rings (SSSR count). The summed E-state index contributed by atoms with van der Waals surface area (Å²) in [6.45, 7) is 0. The molecule has 17 heavy (non-hydrogen) atoms. The highest BCUT2D eigenvalue weighted by Gasteiger charge is 2.19. The molecule has 1 saturated carbocycles. The number of nitrogens with two attached hydrogens (primary N) is 1. The molecule has 0 aliphatic heterocycles. The first kappa shape index (κ1) is 12.6. The number of halogens is 1. The maximum atomic E-state index is 12.8. The predicted octanol–water partition coefficient (Wildman–Crippen LogP) is 3.67. The van der Waals surface area contributed by atoms with Crippen molar-refractivity contribution in [2.45, 2.75) is 51.0 Å². The highest BCUT2D eigenvalue weighted by atomic mass is 19.1. The van der Waals surface area contributed by atoms with Gasteiger partial charge in [-0.2, -0.15) is 0 Å². The van der Waals surface area contributed by atoms with Crippen molar-refractivity contribution in [3.63, 3.8) is 0 Å². The molecule has 0 heterocycles. The standard InChI is InChI=1S/C15H22FN/c16-14-9-7-12(8-10-14)11-15(17)13-5-3-1-2-4-6-13/h7-10,13,15H,1-6,11,17H2. The Bertz CT molecular complexity index is 325. The Morgan fingerprint density at radius 2 is 1.65 bits per heavy atom. The Morgan fingerprint density at radius 1 is 1.06 bits per heavy atom. The van der Waals surface area contributed by atoms with Crippen LogP contribution in [0.15, 0.2) is 24.3 Å². The van der Waals surface area contributed by atoms with Crippen molar-refractivity contribution in [3.8, 4) is 0 Å². The summed E-state index contributed by atoms with van der Waals surface area (Å²) < 4.78 is 12.8. The number of benzene rings is 1. The lowest BCUT2D eigenvalue weighted by molar-refractivity contribution is 0.372. The second-order valence-electron chi connectivity index (χ2n) is 5.25. The van der Waals surface area contributed by atoms with Gasteiger partial charge in [-0.1, -0.05) is 37.8 Å². The molecule has 1 aliphatic rings. The number of hydrogen-bond acceptors (Lipinski definition) is 1. The summed E-state index contributed by atoms with van der Waals surface area (Å²) >= 11 is 0. The third-order valence-corrected chi connectivity index (χ3v) is 3.89. The zero-order valence-corrected chi connectivity index (χ0v) is 10.4. The fourth-order valence-corrected chi connectivity index (χ4v) is 2.80. The van der Waals surface area contributed by atoms with Crippen LogP contribution in [0.2, 0.25) is 0 Å². The van der Waals surface area contributed by atoms with Crippen molar-refractivity contribution in [1.82, 2.24) is 0 Å². The molecule has 2 heteroatoms. The van der Waals surface area contributed by atoms with Gasteiger partial charge in [0.2, 0.25) is 0 Å². The zero-order valence-electron chi connectivity index (χ0n) is 10.4. The lowest BCUT2D eigenvalue weighted by atomic mass is 9.88. The smallest absolute Gasteiger partial charge is 0.123 e. The number of hydrogen-bond donors (Lipinski definition) is 1. The van der Waals surface area contributed by atoms with Crippen LogP contribution in [0.3, 0.4) is 0 Å². The maximum Gasteiger partial charge on any atom is 0.123 e. The highest BCUT2D eigenvalue weighted by molar-refractivity contribution is 5.17. The predicted molar refractivity (Wildman–Crippen MR) is 69.3 cm³/mol. The molecule has 1 aliphatic carbocycles. The van der Waals surface area contributed by atoms with Gasteiger partial charge in [-0.15, -0.1) is 0 Å². The first-order chi connectivity index (χ1) is 8.25. The molecule has 0 bridgehead atoms. The van der Waals surface area contributed by atoms with E-state index in [1.807, 2.05) is 12.1 Å². The highest BCUT2D eigenvalue weighted by Crippen LogP contribution is 2.26. The fraction of sp³-hybridized carbons (Fsp3) is 0.600. The summed E-state index contributed by atoms with van der Waals surface area (Å²) in [5.41, 5.74) is 7.45. The van der Waals surface area contributed by atoms with Crippen molar-refractivity contribution < 1.29 is 4.39 Å². The van der Waals surface area contributed by atoms with Gasteiger partial charge in [-0.25, -0.2) is 4.39 Å². The summed E-state index contributed by atoms with van der Waals surface area (Å²) in [7, 11) is 0. The normalized spacial score (nSPS) is 19.9. The second kappa shape index (κ2) is 6.15. The van der Waals surface area contributed by atoms with E-state index in [1.54, 1.807) is 0 Å². The summed E-state index contributed by atoms with van der Waals surface area (Å²) in [5, 5.41) is 0. The molecule has 1 unspecified atom stereocenters. The minimum absolute atomic E-state index is 0.170. The van der Waals surface area contributed by atoms with Crippen molar-refractivity contribution in [2.24, 2.45) is 11.7 Å². The number of rotatable bonds is 3. The lowest BCUT2D eigenvalue weighted by Crippen LogP contribution is -2.32. The van der Waals surface area contributed by atoms with E-state index in [0.717, 1.165) is 12.0 Å². The Labute approximate surface area is 103 Å². The molecule has 0 spiro atoms.